The van der Waals surface area contributed by atoms with Crippen molar-refractivity contribution in [3.05, 3.63) is 67.3 Å². The summed E-state index contributed by atoms with van der Waals surface area (Å²) in [5, 5.41) is 23.9. The molecule has 1 rings (SSSR count). The van der Waals surface area contributed by atoms with Gasteiger partial charge >= 0.3 is 11.9 Å². The van der Waals surface area contributed by atoms with Crippen LogP contribution in [0, 0.1) is 0 Å². The Kier molecular flexibility index (Phi) is 24.0. The van der Waals surface area contributed by atoms with E-state index in [1.165, 1.54) is 25.5 Å². The maximum absolute atomic E-state index is 10.3. The number of carbonyl (C=O) groups is 2. The maximum Gasteiger partial charge on any atom is 0.330 e. The van der Waals surface area contributed by atoms with E-state index in [9.17, 15) is 9.59 Å². The summed E-state index contributed by atoms with van der Waals surface area (Å²) in [6.07, 6.45) is 4.43. The second-order valence-corrected chi connectivity index (χ2v) is 5.46. The molecule has 0 radical (unpaired) electrons. The highest BCUT2D eigenvalue weighted by atomic mass is 16.5. The molecule has 1 atom stereocenters. The Balaban J connectivity index is -0.000000306. The number of carboxylic acid groups (broad SMARTS) is 1. The average Bonchev–Trinajstić information content (AvgIpc) is 2.69. The van der Waals surface area contributed by atoms with Gasteiger partial charge in [0.1, 0.15) is 0 Å². The molecule has 0 heterocycles. The van der Waals surface area contributed by atoms with E-state index in [1.807, 2.05) is 43.3 Å². The number of benzene rings is 1. The summed E-state index contributed by atoms with van der Waals surface area (Å²) in [5.74, 6) is -1.27. The summed E-state index contributed by atoms with van der Waals surface area (Å²) >= 11 is 0. The minimum atomic E-state index is -0.935. The van der Waals surface area contributed by atoms with E-state index in [-0.39, 0.29) is 18.1 Å². The zero-order valence-corrected chi connectivity index (χ0v) is 17.1. The van der Waals surface area contributed by atoms with Crippen LogP contribution in [-0.4, -0.2) is 46.6 Å². The Bertz CT molecular complexity index is 537. The van der Waals surface area contributed by atoms with Gasteiger partial charge in [0, 0.05) is 11.6 Å². The van der Waals surface area contributed by atoms with Crippen LogP contribution < -0.4 is 0 Å². The first-order valence-electron chi connectivity index (χ1n) is 8.80. The topological polar surface area (TPSA) is 104 Å². The van der Waals surface area contributed by atoms with Crippen molar-refractivity contribution in [3.63, 3.8) is 0 Å². The van der Waals surface area contributed by atoms with Crippen LogP contribution in [0.15, 0.2) is 61.7 Å². The van der Waals surface area contributed by atoms with Crippen LogP contribution in [0.3, 0.4) is 0 Å². The third-order valence-electron chi connectivity index (χ3n) is 2.57. The molecule has 0 aromatic heterocycles. The lowest BCUT2D eigenvalue weighted by Crippen LogP contribution is -2.03. The molecule has 0 bridgehead atoms. The Labute approximate surface area is 168 Å². The van der Waals surface area contributed by atoms with Crippen molar-refractivity contribution in [2.24, 2.45) is 0 Å². The zero-order valence-electron chi connectivity index (χ0n) is 17.1. The lowest BCUT2D eigenvalue weighted by Gasteiger charge is -1.97. The average molecular weight is 395 g/mol. The highest BCUT2D eigenvalue weighted by molar-refractivity contribution is 5.84. The van der Waals surface area contributed by atoms with E-state index in [0.29, 0.717) is 6.61 Å². The maximum atomic E-state index is 10.3. The second-order valence-electron chi connectivity index (χ2n) is 5.46. The van der Waals surface area contributed by atoms with Gasteiger partial charge in [-0.2, -0.15) is 0 Å². The fraction of sp³-hybridized carbons (Fsp3) is 0.364. The van der Waals surface area contributed by atoms with Crippen molar-refractivity contribution in [1.29, 1.82) is 0 Å². The van der Waals surface area contributed by atoms with Gasteiger partial charge in [0.2, 0.25) is 0 Å². The molecule has 0 spiro atoms. The first-order chi connectivity index (χ1) is 13.2. The minimum Gasteiger partial charge on any atom is -0.478 e. The van der Waals surface area contributed by atoms with E-state index in [0.717, 1.165) is 12.8 Å². The van der Waals surface area contributed by atoms with Crippen LogP contribution in [0.25, 0.3) is 6.08 Å². The minimum absolute atomic E-state index is 0.139. The van der Waals surface area contributed by atoms with Gasteiger partial charge < -0.3 is 20.1 Å². The van der Waals surface area contributed by atoms with Gasteiger partial charge in [0.15, 0.2) is 0 Å². The molecule has 0 aliphatic rings. The molecule has 6 heteroatoms. The Hall–Kier alpha value is -2.70. The number of carbonyl (C=O) groups excluding carboxylic acids is 1. The summed E-state index contributed by atoms with van der Waals surface area (Å²) < 4.78 is 4.67. The molecule has 0 saturated carbocycles. The lowest BCUT2D eigenvalue weighted by atomic mass is 10.2. The van der Waals surface area contributed by atoms with E-state index < -0.39 is 12.1 Å². The third kappa shape index (κ3) is 28.1. The number of hydrogen-bond acceptors (Lipinski definition) is 5. The Morgan fingerprint density at radius 3 is 1.93 bits per heavy atom. The van der Waals surface area contributed by atoms with Gasteiger partial charge in [-0.25, -0.2) is 9.59 Å². The Morgan fingerprint density at radius 2 is 1.68 bits per heavy atom. The molecule has 0 aliphatic carbocycles. The lowest BCUT2D eigenvalue weighted by molar-refractivity contribution is -0.138. The molecule has 1 aromatic carbocycles. The first-order valence-corrected chi connectivity index (χ1v) is 8.80. The van der Waals surface area contributed by atoms with Gasteiger partial charge in [-0.3, -0.25) is 0 Å². The van der Waals surface area contributed by atoms with Crippen molar-refractivity contribution >= 4 is 18.0 Å². The van der Waals surface area contributed by atoms with E-state index in [4.69, 9.17) is 15.3 Å². The van der Waals surface area contributed by atoms with Crippen molar-refractivity contribution < 1.29 is 29.6 Å². The fourth-order valence-corrected chi connectivity index (χ4v) is 0.965. The number of esters is 1. The smallest absolute Gasteiger partial charge is 0.330 e. The largest absolute Gasteiger partial charge is 0.478 e. The van der Waals surface area contributed by atoms with Crippen LogP contribution in [0.1, 0.15) is 39.2 Å². The molecule has 0 saturated heterocycles. The van der Waals surface area contributed by atoms with Gasteiger partial charge in [-0.15, -0.1) is 0 Å². The molecule has 158 valence electrons. The van der Waals surface area contributed by atoms with Gasteiger partial charge in [0.05, 0.1) is 19.3 Å². The number of aliphatic hydroxyl groups is 2. The third-order valence-corrected chi connectivity index (χ3v) is 2.57. The first kappa shape index (κ1) is 30.0. The molecule has 3 N–H and O–H groups in total. The van der Waals surface area contributed by atoms with Gasteiger partial charge in [0.25, 0.3) is 0 Å². The number of ether oxygens (including phenoxy) is 1. The number of rotatable bonds is 7. The number of aliphatic carboxylic acids is 1. The van der Waals surface area contributed by atoms with Crippen molar-refractivity contribution in [3.8, 4) is 0 Å². The number of aliphatic hydroxyl groups excluding tert-OH is 2. The van der Waals surface area contributed by atoms with Crippen molar-refractivity contribution in [1.82, 2.24) is 0 Å². The SMILES string of the molecule is C=C(C)C(=O)O.C=CC(=O)OCCCC.C=Cc1ccccc1.CC(O)CO. The Morgan fingerprint density at radius 1 is 1.21 bits per heavy atom. The highest BCUT2D eigenvalue weighted by Crippen LogP contribution is 1.97. The summed E-state index contributed by atoms with van der Waals surface area (Å²) in [4.78, 5) is 19.9. The molecule has 28 heavy (non-hydrogen) atoms. The summed E-state index contributed by atoms with van der Waals surface area (Å²) in [7, 11) is 0. The number of hydrogen-bond donors (Lipinski definition) is 3. The summed E-state index contributed by atoms with van der Waals surface area (Å²) in [5.41, 5.74) is 1.35. The van der Waals surface area contributed by atoms with Gasteiger partial charge in [-0.1, -0.05) is 69.5 Å². The quantitative estimate of drug-likeness (QED) is 0.369. The van der Waals surface area contributed by atoms with Crippen LogP contribution in [0.4, 0.5) is 0 Å². The fourth-order valence-electron chi connectivity index (χ4n) is 0.965. The standard InChI is InChI=1S/C8H8.C7H12O2.C4H6O2.C3H8O2/c1-2-8-6-4-3-5-7-8;1-3-5-6-9-7(8)4-2;1-3(2)4(5)6;1-3(5)2-4/h2-7H,1H2;4H,2-3,5-6H2,1H3;1H2,2H3,(H,5,6);3-5H,2H2,1H3. The van der Waals surface area contributed by atoms with Crippen molar-refractivity contribution in [2.75, 3.05) is 13.2 Å². The van der Waals surface area contributed by atoms with Crippen LogP contribution in [0.2, 0.25) is 0 Å². The van der Waals surface area contributed by atoms with Gasteiger partial charge in [-0.05, 0) is 25.8 Å². The van der Waals surface area contributed by atoms with Crippen LogP contribution in [0.5, 0.6) is 0 Å². The number of carboxylic acids is 1. The molecule has 0 amide bonds. The highest BCUT2D eigenvalue weighted by Gasteiger charge is 1.91. The normalized spacial score (nSPS) is 9.46. The second kappa shape index (κ2) is 22.3. The van der Waals surface area contributed by atoms with E-state index >= 15 is 0 Å². The van der Waals surface area contributed by atoms with E-state index in [2.05, 4.69) is 24.5 Å². The van der Waals surface area contributed by atoms with Crippen LogP contribution in [-0.2, 0) is 14.3 Å². The monoisotopic (exact) mass is 394 g/mol. The molecule has 6 nitrogen and oxygen atoms in total. The predicted octanol–water partition coefficient (Wildman–Crippen LogP) is 3.85. The summed E-state index contributed by atoms with van der Waals surface area (Å²) in [6.45, 7) is 15.4. The van der Waals surface area contributed by atoms with E-state index in [1.54, 1.807) is 0 Å². The van der Waals surface area contributed by atoms with Crippen LogP contribution >= 0.6 is 0 Å². The molecule has 0 fully saturated rings. The summed E-state index contributed by atoms with van der Waals surface area (Å²) in [6, 6.07) is 10.0. The molecule has 1 unspecified atom stereocenters. The molecule has 0 aliphatic heterocycles. The predicted molar refractivity (Wildman–Crippen MR) is 114 cm³/mol. The molecular formula is C22H34O6. The zero-order chi connectivity index (χ0) is 22.4. The molecule has 1 aromatic rings. The number of unbranched alkanes of at least 4 members (excludes halogenated alkanes) is 1. The molecular weight excluding hydrogens is 360 g/mol. The van der Waals surface area contributed by atoms with Crippen molar-refractivity contribution in [2.45, 2.75) is 39.7 Å².